The molecule has 35 heavy (non-hydrogen) atoms. The molecule has 0 radical (unpaired) electrons. The summed E-state index contributed by atoms with van der Waals surface area (Å²) in [7, 11) is -1.56. The lowest BCUT2D eigenvalue weighted by atomic mass is 9.95. The van der Waals surface area contributed by atoms with Crippen molar-refractivity contribution >= 4 is 44.2 Å². The third-order valence-corrected chi connectivity index (χ3v) is 9.82. The third kappa shape index (κ3) is 5.38. The molecule has 0 spiro atoms. The Bertz CT molecular complexity index is 1220. The van der Waals surface area contributed by atoms with Crippen LogP contribution in [0.3, 0.4) is 0 Å². The molecule has 1 aromatic heterocycles. The summed E-state index contributed by atoms with van der Waals surface area (Å²) in [5.41, 5.74) is 3.71. The normalized spacial score (nSPS) is 22.9. The Hall–Kier alpha value is -1.69. The van der Waals surface area contributed by atoms with Gasteiger partial charge in [0.1, 0.15) is 10.8 Å². The number of sulfonamides is 1. The third-order valence-electron chi connectivity index (χ3n) is 7.00. The number of thiophene rings is 1. The summed E-state index contributed by atoms with van der Waals surface area (Å²) in [5, 5.41) is 9.14. The molecule has 2 aliphatic heterocycles. The van der Waals surface area contributed by atoms with Crippen LogP contribution in [-0.2, 0) is 29.4 Å². The highest BCUT2D eigenvalue weighted by molar-refractivity contribution is 7.88. The Morgan fingerprint density at radius 3 is 2.71 bits per heavy atom. The molecule has 1 unspecified atom stereocenters. The quantitative estimate of drug-likeness (QED) is 0.564. The smallest absolute Gasteiger partial charge is 0.211 e. The van der Waals surface area contributed by atoms with Gasteiger partial charge in [0.2, 0.25) is 10.0 Å². The first-order valence-electron chi connectivity index (χ1n) is 12.0. The van der Waals surface area contributed by atoms with Gasteiger partial charge in [0, 0.05) is 49.4 Å². The maximum Gasteiger partial charge on any atom is 0.211 e. The van der Waals surface area contributed by atoms with Gasteiger partial charge in [0.15, 0.2) is 5.79 Å². The summed E-state index contributed by atoms with van der Waals surface area (Å²) in [6, 6.07) is 5.78. The van der Waals surface area contributed by atoms with E-state index in [0.717, 1.165) is 18.4 Å². The number of anilines is 1. The highest BCUT2D eigenvalue weighted by Crippen LogP contribution is 2.40. The summed E-state index contributed by atoms with van der Waals surface area (Å²) < 4.78 is 30.7. The van der Waals surface area contributed by atoms with Crippen molar-refractivity contribution in [3.63, 3.8) is 0 Å². The van der Waals surface area contributed by atoms with Gasteiger partial charge in [-0.05, 0) is 48.9 Å². The molecule has 0 amide bonds. The van der Waals surface area contributed by atoms with Gasteiger partial charge in [0.05, 0.1) is 24.9 Å². The minimum atomic E-state index is -3.17. The van der Waals surface area contributed by atoms with Crippen LogP contribution in [0.2, 0.25) is 5.02 Å². The second-order valence-corrected chi connectivity index (χ2v) is 13.0. The Labute approximate surface area is 216 Å². The summed E-state index contributed by atoms with van der Waals surface area (Å²) in [6.45, 7) is 3.49. The molecular formula is C24H32ClN5O3S2. The lowest BCUT2D eigenvalue weighted by Gasteiger charge is -2.41. The minimum absolute atomic E-state index is 0.491. The molecule has 190 valence electrons. The van der Waals surface area contributed by atoms with Crippen molar-refractivity contribution in [2.45, 2.75) is 38.0 Å². The molecule has 0 bridgehead atoms. The zero-order valence-corrected chi connectivity index (χ0v) is 22.5. The van der Waals surface area contributed by atoms with E-state index in [4.69, 9.17) is 21.3 Å². The van der Waals surface area contributed by atoms with Crippen LogP contribution < -0.4 is 15.4 Å². The lowest BCUT2D eigenvalue weighted by molar-refractivity contribution is 0.147. The van der Waals surface area contributed by atoms with Gasteiger partial charge in [-0.15, -0.1) is 11.3 Å². The van der Waals surface area contributed by atoms with Crippen molar-refractivity contribution in [2.24, 2.45) is 4.99 Å². The highest BCUT2D eigenvalue weighted by atomic mass is 35.5. The van der Waals surface area contributed by atoms with Gasteiger partial charge < -0.3 is 10.1 Å². The molecule has 2 aromatic rings. The van der Waals surface area contributed by atoms with Crippen molar-refractivity contribution in [3.05, 3.63) is 44.8 Å². The van der Waals surface area contributed by atoms with Gasteiger partial charge in [0.25, 0.3) is 0 Å². The van der Waals surface area contributed by atoms with Gasteiger partial charge in [-0.1, -0.05) is 17.7 Å². The van der Waals surface area contributed by atoms with Crippen LogP contribution in [0.4, 0.5) is 5.00 Å². The molecular weight excluding hydrogens is 506 g/mol. The van der Waals surface area contributed by atoms with E-state index in [9.17, 15) is 8.42 Å². The van der Waals surface area contributed by atoms with Crippen LogP contribution in [0.25, 0.3) is 0 Å². The van der Waals surface area contributed by atoms with Gasteiger partial charge in [-0.3, -0.25) is 10.2 Å². The van der Waals surface area contributed by atoms with E-state index >= 15 is 0 Å². The Balaban J connectivity index is 1.37. The van der Waals surface area contributed by atoms with Crippen LogP contribution in [-0.4, -0.2) is 75.7 Å². The monoisotopic (exact) mass is 537 g/mol. The molecule has 11 heteroatoms. The zero-order chi connectivity index (χ0) is 24.6. The van der Waals surface area contributed by atoms with Crippen molar-refractivity contribution in [1.82, 2.24) is 14.5 Å². The fourth-order valence-electron chi connectivity index (χ4n) is 5.05. The van der Waals surface area contributed by atoms with E-state index < -0.39 is 15.8 Å². The molecule has 1 fully saturated rings. The predicted octanol–water partition coefficient (Wildman–Crippen LogP) is 3.15. The predicted molar refractivity (Wildman–Crippen MR) is 143 cm³/mol. The van der Waals surface area contributed by atoms with Gasteiger partial charge >= 0.3 is 0 Å². The molecule has 1 atom stereocenters. The number of methoxy groups -OCH3 is 1. The average molecular weight is 538 g/mol. The van der Waals surface area contributed by atoms with Gasteiger partial charge in [-0.25, -0.2) is 13.4 Å². The number of halogens is 1. The van der Waals surface area contributed by atoms with Crippen LogP contribution in [0.1, 0.15) is 34.4 Å². The van der Waals surface area contributed by atoms with Crippen molar-refractivity contribution in [2.75, 3.05) is 51.4 Å². The molecule has 3 heterocycles. The van der Waals surface area contributed by atoms with E-state index in [-0.39, 0.29) is 0 Å². The first kappa shape index (κ1) is 25.0. The number of ether oxygens (including phenoxy) is 1. The van der Waals surface area contributed by atoms with E-state index in [1.54, 1.807) is 11.4 Å². The maximum atomic E-state index is 12.0. The average Bonchev–Trinajstić information content (AvgIpc) is 3.20. The maximum absolute atomic E-state index is 12.0. The van der Waals surface area contributed by atoms with E-state index in [1.165, 1.54) is 40.1 Å². The number of nitrogens with one attached hydrogen (secondary N) is 2. The SMILES string of the molecule is COc1ccc(CNC2(CN3CCN(S(C)(=O)=O)CC3)N=Cc3c(sc4c3CCCC4)N2)cc1Cl. The van der Waals surface area contributed by atoms with E-state index in [0.29, 0.717) is 50.0 Å². The fraction of sp³-hybridized carbons (Fsp3) is 0.542. The summed E-state index contributed by atoms with van der Waals surface area (Å²) >= 11 is 8.21. The number of nitrogens with zero attached hydrogens (tertiary/aromatic N) is 3. The van der Waals surface area contributed by atoms with Crippen molar-refractivity contribution in [1.29, 1.82) is 0 Å². The van der Waals surface area contributed by atoms with E-state index in [2.05, 4.69) is 15.5 Å². The van der Waals surface area contributed by atoms with Crippen LogP contribution in [0.15, 0.2) is 23.2 Å². The second kappa shape index (κ2) is 9.99. The number of fused-ring (bicyclic) bond motifs is 3. The number of rotatable bonds is 7. The Morgan fingerprint density at radius 2 is 2.00 bits per heavy atom. The lowest BCUT2D eigenvalue weighted by Crippen LogP contribution is -2.61. The Kier molecular flexibility index (Phi) is 7.13. The number of hydrogen-bond acceptors (Lipinski definition) is 8. The molecule has 2 N–H and O–H groups in total. The number of piperazine rings is 1. The number of aliphatic imine (C=N–C) groups is 1. The van der Waals surface area contributed by atoms with Gasteiger partial charge in [-0.2, -0.15) is 4.31 Å². The summed E-state index contributed by atoms with van der Waals surface area (Å²) in [4.78, 5) is 8.79. The highest BCUT2D eigenvalue weighted by Gasteiger charge is 2.37. The summed E-state index contributed by atoms with van der Waals surface area (Å²) in [6.07, 6.45) is 8.05. The number of hydrogen-bond donors (Lipinski definition) is 2. The van der Waals surface area contributed by atoms with Crippen LogP contribution in [0, 0.1) is 0 Å². The van der Waals surface area contributed by atoms with Crippen molar-refractivity contribution in [3.8, 4) is 5.75 Å². The summed E-state index contributed by atoms with van der Waals surface area (Å²) in [5.74, 6) is -0.0726. The Morgan fingerprint density at radius 1 is 1.23 bits per heavy atom. The first-order valence-corrected chi connectivity index (χ1v) is 15.0. The molecule has 1 aliphatic carbocycles. The molecule has 3 aliphatic rings. The van der Waals surface area contributed by atoms with E-state index in [1.807, 2.05) is 35.8 Å². The number of aryl methyl sites for hydroxylation is 1. The molecule has 8 nitrogen and oxygen atoms in total. The standard InChI is InChI=1S/C24H32ClN5O3S2/c1-33-21-8-7-17(13-20(21)25)14-26-24(16-29-9-11-30(12-10-29)35(2,31)32)27-15-19-18-5-3-4-6-22(18)34-23(19)28-24/h7-8,13,15,26,28H,3-6,9-12,14,16H2,1-2H3. The second-order valence-electron chi connectivity index (χ2n) is 9.46. The fourth-order valence-corrected chi connectivity index (χ4v) is 7.49. The van der Waals surface area contributed by atoms with Crippen molar-refractivity contribution < 1.29 is 13.2 Å². The first-order chi connectivity index (χ1) is 16.8. The zero-order valence-electron chi connectivity index (χ0n) is 20.1. The number of benzene rings is 1. The molecule has 0 saturated carbocycles. The minimum Gasteiger partial charge on any atom is -0.495 e. The molecule has 5 rings (SSSR count). The van der Waals surface area contributed by atoms with Crippen LogP contribution in [0.5, 0.6) is 5.75 Å². The molecule has 1 aromatic carbocycles. The topological polar surface area (TPSA) is 86.3 Å². The largest absolute Gasteiger partial charge is 0.495 e. The molecule has 1 saturated heterocycles. The van der Waals surface area contributed by atoms with Crippen LogP contribution >= 0.6 is 22.9 Å².